The number of aromatic hydroxyl groups is 1. The fourth-order valence-corrected chi connectivity index (χ4v) is 3.50. The number of nitrogens with one attached hydrogen (secondary N) is 1. The normalized spacial score (nSPS) is 11.0. The number of rotatable bonds is 3. The summed E-state index contributed by atoms with van der Waals surface area (Å²) >= 11 is 5.20. The standard InChI is InChI=1S/C17H13BrF2IN3O/c1-8-5-9(21)3-4-13(8)23-16-10(6-12(18)14(19)15(16)20)11-7-22-24(2)17(11)25/h3-7,23,25H,1-2H3. The second-order valence-electron chi connectivity index (χ2n) is 5.50. The Hall–Kier alpha value is -1.68. The van der Waals surface area contributed by atoms with Gasteiger partial charge in [0.15, 0.2) is 11.6 Å². The van der Waals surface area contributed by atoms with Crippen molar-refractivity contribution in [3.63, 3.8) is 0 Å². The van der Waals surface area contributed by atoms with Gasteiger partial charge in [0.1, 0.15) is 0 Å². The quantitative estimate of drug-likeness (QED) is 0.355. The molecule has 1 heterocycles. The number of aromatic nitrogens is 2. The Bertz CT molecular complexity index is 975. The highest BCUT2D eigenvalue weighted by molar-refractivity contribution is 14.1. The number of benzene rings is 2. The Labute approximate surface area is 165 Å². The first-order chi connectivity index (χ1) is 11.8. The molecule has 1 aromatic heterocycles. The van der Waals surface area contributed by atoms with E-state index in [-0.39, 0.29) is 16.0 Å². The van der Waals surface area contributed by atoms with E-state index in [2.05, 4.69) is 48.9 Å². The highest BCUT2D eigenvalue weighted by Crippen LogP contribution is 2.41. The van der Waals surface area contributed by atoms with Crippen LogP contribution in [0.15, 0.2) is 34.9 Å². The van der Waals surface area contributed by atoms with Crippen molar-refractivity contribution in [1.82, 2.24) is 9.78 Å². The van der Waals surface area contributed by atoms with Gasteiger partial charge < -0.3 is 10.4 Å². The summed E-state index contributed by atoms with van der Waals surface area (Å²) in [7, 11) is 1.56. The van der Waals surface area contributed by atoms with Crippen LogP contribution >= 0.6 is 38.5 Å². The monoisotopic (exact) mass is 519 g/mol. The molecular weight excluding hydrogens is 507 g/mol. The SMILES string of the molecule is Cc1cc(I)ccc1Nc1c(-c2cnn(C)c2O)cc(Br)c(F)c1F. The van der Waals surface area contributed by atoms with Gasteiger partial charge in [0, 0.05) is 21.9 Å². The Morgan fingerprint density at radius 1 is 1.20 bits per heavy atom. The summed E-state index contributed by atoms with van der Waals surface area (Å²) in [5.74, 6) is -2.18. The molecule has 0 aliphatic heterocycles. The third-order valence-corrected chi connectivity index (χ3v) is 5.06. The lowest BCUT2D eigenvalue weighted by atomic mass is 10.0. The van der Waals surface area contributed by atoms with Crippen LogP contribution in [-0.4, -0.2) is 14.9 Å². The van der Waals surface area contributed by atoms with Crippen molar-refractivity contribution in [3.05, 3.63) is 55.7 Å². The van der Waals surface area contributed by atoms with E-state index in [9.17, 15) is 13.9 Å². The molecule has 4 nitrogen and oxygen atoms in total. The molecule has 3 rings (SSSR count). The highest BCUT2D eigenvalue weighted by atomic mass is 127. The fraction of sp³-hybridized carbons (Fsp3) is 0.118. The third-order valence-electron chi connectivity index (χ3n) is 3.81. The van der Waals surface area contributed by atoms with Gasteiger partial charge in [0.2, 0.25) is 5.88 Å². The van der Waals surface area contributed by atoms with E-state index in [1.54, 1.807) is 13.1 Å². The predicted molar refractivity (Wildman–Crippen MR) is 105 cm³/mol. The zero-order chi connectivity index (χ0) is 18.3. The molecule has 0 saturated carbocycles. The maximum atomic E-state index is 14.7. The zero-order valence-corrected chi connectivity index (χ0v) is 17.0. The van der Waals surface area contributed by atoms with Gasteiger partial charge >= 0.3 is 0 Å². The molecule has 25 heavy (non-hydrogen) atoms. The molecule has 0 amide bonds. The summed E-state index contributed by atoms with van der Waals surface area (Å²) in [5, 5.41) is 17.1. The molecule has 0 aliphatic rings. The molecule has 0 fully saturated rings. The summed E-state index contributed by atoms with van der Waals surface area (Å²) in [6.45, 7) is 1.87. The van der Waals surface area contributed by atoms with Gasteiger partial charge in [-0.15, -0.1) is 0 Å². The van der Waals surface area contributed by atoms with Crippen molar-refractivity contribution in [2.24, 2.45) is 7.05 Å². The summed E-state index contributed by atoms with van der Waals surface area (Å²) in [4.78, 5) is 0. The Morgan fingerprint density at radius 3 is 2.52 bits per heavy atom. The lowest BCUT2D eigenvalue weighted by molar-refractivity contribution is 0.421. The van der Waals surface area contributed by atoms with Crippen LogP contribution in [0.5, 0.6) is 5.88 Å². The first kappa shape index (κ1) is 18.1. The molecule has 0 radical (unpaired) electrons. The van der Waals surface area contributed by atoms with Crippen molar-refractivity contribution in [3.8, 4) is 17.0 Å². The maximum absolute atomic E-state index is 14.7. The van der Waals surface area contributed by atoms with Crippen molar-refractivity contribution >= 4 is 49.9 Å². The summed E-state index contributed by atoms with van der Waals surface area (Å²) < 4.78 is 31.0. The molecule has 0 unspecified atom stereocenters. The summed E-state index contributed by atoms with van der Waals surface area (Å²) in [5.41, 5.74) is 2.07. The van der Waals surface area contributed by atoms with Crippen LogP contribution in [0.1, 0.15) is 5.56 Å². The highest BCUT2D eigenvalue weighted by Gasteiger charge is 2.22. The van der Waals surface area contributed by atoms with Gasteiger partial charge in [-0.25, -0.2) is 13.5 Å². The van der Waals surface area contributed by atoms with Gasteiger partial charge in [-0.1, -0.05) is 0 Å². The number of hydrogen-bond donors (Lipinski definition) is 2. The molecule has 2 aromatic carbocycles. The van der Waals surface area contributed by atoms with Gasteiger partial charge in [-0.3, -0.25) is 0 Å². The van der Waals surface area contributed by atoms with Crippen LogP contribution in [0.2, 0.25) is 0 Å². The molecule has 8 heteroatoms. The van der Waals surface area contributed by atoms with Crippen LogP contribution in [0.4, 0.5) is 20.2 Å². The molecular formula is C17H13BrF2IN3O. The predicted octanol–water partition coefficient (Wildman–Crippen LogP) is 5.49. The van der Waals surface area contributed by atoms with E-state index in [1.165, 1.54) is 16.9 Å². The summed E-state index contributed by atoms with van der Waals surface area (Å²) in [6.07, 6.45) is 1.40. The first-order valence-electron chi connectivity index (χ1n) is 7.21. The molecule has 0 atom stereocenters. The molecule has 0 spiro atoms. The van der Waals surface area contributed by atoms with Crippen molar-refractivity contribution in [2.45, 2.75) is 6.92 Å². The third kappa shape index (κ3) is 3.37. The van der Waals surface area contributed by atoms with Crippen LogP contribution < -0.4 is 5.32 Å². The maximum Gasteiger partial charge on any atom is 0.217 e. The van der Waals surface area contributed by atoms with Gasteiger partial charge in [-0.2, -0.15) is 5.10 Å². The van der Waals surface area contributed by atoms with E-state index >= 15 is 0 Å². The van der Waals surface area contributed by atoms with E-state index in [4.69, 9.17) is 0 Å². The van der Waals surface area contributed by atoms with E-state index in [1.807, 2.05) is 19.1 Å². The second-order valence-corrected chi connectivity index (χ2v) is 7.60. The van der Waals surface area contributed by atoms with E-state index in [0.717, 1.165) is 9.13 Å². The number of nitrogens with zero attached hydrogens (tertiary/aromatic N) is 2. The number of halogens is 4. The summed E-state index contributed by atoms with van der Waals surface area (Å²) in [6, 6.07) is 7.00. The number of aryl methyl sites for hydroxylation is 2. The molecule has 2 N–H and O–H groups in total. The van der Waals surface area contributed by atoms with Gasteiger partial charge in [0.25, 0.3) is 0 Å². The second kappa shape index (κ2) is 6.91. The van der Waals surface area contributed by atoms with Gasteiger partial charge in [-0.05, 0) is 75.3 Å². The molecule has 0 aliphatic carbocycles. The minimum Gasteiger partial charge on any atom is -0.493 e. The Balaban J connectivity index is 2.20. The Kier molecular flexibility index (Phi) is 5.01. The lowest BCUT2D eigenvalue weighted by Gasteiger charge is -2.16. The largest absolute Gasteiger partial charge is 0.493 e. The average Bonchev–Trinajstić information content (AvgIpc) is 2.89. The van der Waals surface area contributed by atoms with Crippen LogP contribution in [0.25, 0.3) is 11.1 Å². The number of hydrogen-bond acceptors (Lipinski definition) is 3. The first-order valence-corrected chi connectivity index (χ1v) is 9.08. The zero-order valence-electron chi connectivity index (χ0n) is 13.2. The van der Waals surface area contributed by atoms with Crippen molar-refractivity contribution < 1.29 is 13.9 Å². The van der Waals surface area contributed by atoms with Gasteiger partial charge in [0.05, 0.1) is 21.9 Å². The average molecular weight is 520 g/mol. The minimum absolute atomic E-state index is 0.0341. The van der Waals surface area contributed by atoms with E-state index < -0.39 is 11.6 Å². The minimum atomic E-state index is -1.04. The molecule has 130 valence electrons. The number of anilines is 2. The fourth-order valence-electron chi connectivity index (χ4n) is 2.45. The molecule has 3 aromatic rings. The Morgan fingerprint density at radius 2 is 1.92 bits per heavy atom. The lowest BCUT2D eigenvalue weighted by Crippen LogP contribution is -2.02. The van der Waals surface area contributed by atoms with Crippen LogP contribution in [0, 0.1) is 22.1 Å². The van der Waals surface area contributed by atoms with Crippen LogP contribution in [-0.2, 0) is 7.05 Å². The topological polar surface area (TPSA) is 50.1 Å². The van der Waals surface area contributed by atoms with Crippen molar-refractivity contribution in [1.29, 1.82) is 0 Å². The van der Waals surface area contributed by atoms with E-state index in [0.29, 0.717) is 16.8 Å². The smallest absolute Gasteiger partial charge is 0.217 e. The molecule has 0 bridgehead atoms. The van der Waals surface area contributed by atoms with Crippen LogP contribution in [0.3, 0.4) is 0 Å². The molecule has 0 saturated heterocycles. The van der Waals surface area contributed by atoms with Crippen molar-refractivity contribution in [2.75, 3.05) is 5.32 Å².